The van der Waals surface area contributed by atoms with E-state index >= 15 is 0 Å². The summed E-state index contributed by atoms with van der Waals surface area (Å²) in [5.41, 5.74) is 9.39. The lowest BCUT2D eigenvalue weighted by Gasteiger charge is -2.29. The van der Waals surface area contributed by atoms with Gasteiger partial charge in [0.25, 0.3) is 11.8 Å². The molecule has 3 heterocycles. The van der Waals surface area contributed by atoms with Crippen LogP contribution >= 0.6 is 0 Å². The van der Waals surface area contributed by atoms with Gasteiger partial charge in [0.15, 0.2) is 6.04 Å². The molecule has 0 spiro atoms. The molecule has 1 unspecified atom stereocenters. The summed E-state index contributed by atoms with van der Waals surface area (Å²) in [6, 6.07) is -4.08. The van der Waals surface area contributed by atoms with Crippen molar-refractivity contribution in [3.8, 4) is 0 Å². The zero-order valence-electron chi connectivity index (χ0n) is 14.7. The summed E-state index contributed by atoms with van der Waals surface area (Å²) in [7, 11) is -4.91. The third-order valence-electron chi connectivity index (χ3n) is 4.45. The zero-order chi connectivity index (χ0) is 21.3. The second kappa shape index (κ2) is 7.64. The highest BCUT2D eigenvalue weighted by Gasteiger charge is 2.49. The number of amides is 5. The third kappa shape index (κ3) is 4.28. The van der Waals surface area contributed by atoms with Gasteiger partial charge in [0.05, 0.1) is 12.4 Å². The highest BCUT2D eigenvalue weighted by Crippen LogP contribution is 2.30. The topological polar surface area (TPSA) is 206 Å². The first kappa shape index (κ1) is 20.5. The molecule has 2 saturated heterocycles. The van der Waals surface area contributed by atoms with Gasteiger partial charge in [-0.3, -0.25) is 29.8 Å². The van der Waals surface area contributed by atoms with E-state index in [0.717, 1.165) is 9.47 Å². The van der Waals surface area contributed by atoms with Crippen molar-refractivity contribution in [2.75, 3.05) is 6.54 Å². The van der Waals surface area contributed by atoms with Gasteiger partial charge in [0.1, 0.15) is 6.04 Å². The number of imidazole rings is 1. The quantitative estimate of drug-likeness (QED) is 0.206. The Morgan fingerprint density at radius 1 is 1.31 bits per heavy atom. The molecule has 5 N–H and O–H groups in total. The summed E-state index contributed by atoms with van der Waals surface area (Å²) in [6.07, 6.45) is 4.22. The number of piperidine rings is 1. The number of hydrazine groups is 1. The molecule has 0 saturated carbocycles. The van der Waals surface area contributed by atoms with Crippen LogP contribution in [0, 0.1) is 0 Å². The Kier molecular flexibility index (Phi) is 5.40. The summed E-state index contributed by atoms with van der Waals surface area (Å²) in [5.74, 6) is -2.68. The molecule has 3 atom stereocenters. The maximum Gasteiger partial charge on any atom is 0.418 e. The molecular weight excluding hydrogens is 414 g/mol. The van der Waals surface area contributed by atoms with E-state index in [1.165, 1.54) is 18.7 Å². The van der Waals surface area contributed by atoms with Crippen LogP contribution in [0.1, 0.15) is 18.9 Å². The number of hydrogen-bond acceptors (Lipinski definition) is 8. The molecule has 1 aromatic heterocycles. The van der Waals surface area contributed by atoms with Crippen LogP contribution in [0.3, 0.4) is 0 Å². The van der Waals surface area contributed by atoms with Gasteiger partial charge in [-0.2, -0.15) is 13.5 Å². The van der Waals surface area contributed by atoms with Crippen molar-refractivity contribution in [1.82, 2.24) is 30.4 Å². The van der Waals surface area contributed by atoms with Crippen molar-refractivity contribution in [2.45, 2.75) is 31.0 Å². The molecule has 2 aliphatic rings. The van der Waals surface area contributed by atoms with E-state index in [1.54, 1.807) is 0 Å². The van der Waals surface area contributed by atoms with Crippen molar-refractivity contribution in [2.24, 2.45) is 5.73 Å². The predicted molar refractivity (Wildman–Crippen MR) is 90.1 cm³/mol. The van der Waals surface area contributed by atoms with Gasteiger partial charge in [-0.05, 0) is 12.8 Å². The van der Waals surface area contributed by atoms with E-state index < -0.39 is 52.3 Å². The SMILES string of the molecule is NC(=O)C(C(=O)NNC(=O)[C@@H]1CC[C@@H]2CN1C(=O)N2OS(=O)(=O)O)n1ccnc1. The Morgan fingerprint density at radius 3 is 2.62 bits per heavy atom. The summed E-state index contributed by atoms with van der Waals surface area (Å²) >= 11 is 0. The first-order valence-corrected chi connectivity index (χ1v) is 9.58. The van der Waals surface area contributed by atoms with Gasteiger partial charge >= 0.3 is 16.4 Å². The predicted octanol–water partition coefficient (Wildman–Crippen LogP) is -2.94. The van der Waals surface area contributed by atoms with Crippen molar-refractivity contribution in [1.29, 1.82) is 0 Å². The normalized spacial score (nSPS) is 22.3. The highest BCUT2D eigenvalue weighted by molar-refractivity contribution is 7.80. The van der Waals surface area contributed by atoms with Crippen molar-refractivity contribution >= 4 is 34.2 Å². The Morgan fingerprint density at radius 2 is 2.03 bits per heavy atom. The van der Waals surface area contributed by atoms with Crippen LogP contribution in [0.15, 0.2) is 18.7 Å². The number of hydrogen-bond donors (Lipinski definition) is 4. The highest BCUT2D eigenvalue weighted by atomic mass is 32.3. The number of carbonyl (C=O) groups is 4. The molecule has 2 aliphatic heterocycles. The lowest BCUT2D eigenvalue weighted by molar-refractivity contribution is -0.137. The Bertz CT molecular complexity index is 933. The van der Waals surface area contributed by atoms with Crippen molar-refractivity contribution in [3.63, 3.8) is 0 Å². The Balaban J connectivity index is 1.62. The molecule has 29 heavy (non-hydrogen) atoms. The number of hydroxylamine groups is 2. The molecule has 2 fully saturated rings. The van der Waals surface area contributed by atoms with Crippen LogP contribution in [0.25, 0.3) is 0 Å². The first-order chi connectivity index (χ1) is 13.6. The van der Waals surface area contributed by atoms with E-state index in [4.69, 9.17) is 10.3 Å². The second-order valence-electron chi connectivity index (χ2n) is 6.30. The molecule has 1 aromatic rings. The first-order valence-electron chi connectivity index (χ1n) is 8.22. The van der Waals surface area contributed by atoms with Crippen LogP contribution < -0.4 is 16.6 Å². The number of rotatable bonds is 6. The van der Waals surface area contributed by atoms with Crippen molar-refractivity contribution < 1.29 is 36.4 Å². The van der Waals surface area contributed by atoms with Crippen LogP contribution in [0.5, 0.6) is 0 Å². The molecule has 158 valence electrons. The van der Waals surface area contributed by atoms with Crippen molar-refractivity contribution in [3.05, 3.63) is 18.7 Å². The van der Waals surface area contributed by atoms with Gasteiger partial charge in [-0.25, -0.2) is 9.78 Å². The van der Waals surface area contributed by atoms with Gasteiger partial charge in [0, 0.05) is 18.9 Å². The average molecular weight is 431 g/mol. The van der Waals surface area contributed by atoms with Crippen LogP contribution in [-0.4, -0.2) is 74.9 Å². The minimum absolute atomic E-state index is 0.0145. The number of primary amides is 1. The molecule has 15 nitrogen and oxygen atoms in total. The largest absolute Gasteiger partial charge is 0.418 e. The minimum Gasteiger partial charge on any atom is -0.367 e. The molecule has 16 heteroatoms. The van der Waals surface area contributed by atoms with E-state index in [2.05, 4.69) is 20.1 Å². The Hall–Kier alpha value is -3.24. The third-order valence-corrected chi connectivity index (χ3v) is 4.80. The number of nitrogens with zero attached hydrogens (tertiary/aromatic N) is 4. The summed E-state index contributed by atoms with van der Waals surface area (Å²) in [4.78, 5) is 53.2. The van der Waals surface area contributed by atoms with Gasteiger partial charge in [-0.15, -0.1) is 4.28 Å². The van der Waals surface area contributed by atoms with E-state index in [0.29, 0.717) is 5.06 Å². The summed E-state index contributed by atoms with van der Waals surface area (Å²) in [5, 5.41) is 0.489. The van der Waals surface area contributed by atoms with Gasteiger partial charge in [0.2, 0.25) is 5.91 Å². The number of urea groups is 1. The maximum atomic E-state index is 12.4. The van der Waals surface area contributed by atoms with Crippen LogP contribution in [0.2, 0.25) is 0 Å². The molecule has 0 radical (unpaired) electrons. The smallest absolute Gasteiger partial charge is 0.367 e. The Labute approximate surface area is 163 Å². The number of nitrogens with two attached hydrogens (primary N) is 1. The molecular formula is C13H17N7O8S. The van der Waals surface area contributed by atoms with Gasteiger partial charge in [-0.1, -0.05) is 0 Å². The fourth-order valence-corrected chi connectivity index (χ4v) is 3.60. The lowest BCUT2D eigenvalue weighted by atomic mass is 10.0. The van der Waals surface area contributed by atoms with E-state index in [-0.39, 0.29) is 19.4 Å². The summed E-state index contributed by atoms with van der Waals surface area (Å²) < 4.78 is 35.9. The number of fused-ring (bicyclic) bond motifs is 2. The second-order valence-corrected chi connectivity index (χ2v) is 7.31. The number of carbonyl (C=O) groups excluding carboxylic acids is 4. The maximum absolute atomic E-state index is 12.4. The summed E-state index contributed by atoms with van der Waals surface area (Å²) in [6.45, 7) is -0.0145. The fourth-order valence-electron chi connectivity index (χ4n) is 3.21. The molecule has 0 aromatic carbocycles. The molecule has 0 aliphatic carbocycles. The van der Waals surface area contributed by atoms with E-state index in [9.17, 15) is 27.6 Å². The monoisotopic (exact) mass is 431 g/mol. The fraction of sp³-hybridized carbons (Fsp3) is 0.462. The van der Waals surface area contributed by atoms with E-state index in [1.807, 2.05) is 0 Å². The molecule has 5 amide bonds. The van der Waals surface area contributed by atoms with Crippen LogP contribution in [-0.2, 0) is 29.1 Å². The molecule has 3 rings (SSSR count). The number of aromatic nitrogens is 2. The van der Waals surface area contributed by atoms with Gasteiger partial charge < -0.3 is 15.2 Å². The average Bonchev–Trinajstić information content (AvgIpc) is 3.22. The van der Waals surface area contributed by atoms with Crippen LogP contribution in [0.4, 0.5) is 4.79 Å². The minimum atomic E-state index is -4.91. The molecule has 2 bridgehead atoms. The standard InChI is InChI=1S/C13H17N7O8S/c14-10(21)9(18-4-3-15-6-18)12(23)17-16-11(22)8-2-1-7-5-19(8)13(24)20(7)28-29(25,26)27/h3-4,6-9H,1-2,5H2,(H2,14,21)(H,16,22)(H,17,23)(H,25,26,27)/t7-,8+,9?/m1/s1. The number of nitrogens with one attached hydrogen (secondary N) is 2. The zero-order valence-corrected chi connectivity index (χ0v) is 15.5. The lowest BCUT2D eigenvalue weighted by Crippen LogP contribution is -2.55.